The molecule has 0 radical (unpaired) electrons. The zero-order chi connectivity index (χ0) is 20.8. The SMILES string of the molecule is CC#CCOc1cc(C(=O)N[C@H](C)c2ccc(C)nn2)cc(-c2ncc(C)s2)c1. The summed E-state index contributed by atoms with van der Waals surface area (Å²) in [5, 5.41) is 12.0. The summed E-state index contributed by atoms with van der Waals surface area (Å²) in [6.07, 6.45) is 1.81. The zero-order valence-electron chi connectivity index (χ0n) is 16.8. The molecule has 148 valence electrons. The zero-order valence-corrected chi connectivity index (χ0v) is 17.6. The Kier molecular flexibility index (Phi) is 6.57. The average Bonchev–Trinajstić information content (AvgIpc) is 3.15. The lowest BCUT2D eigenvalue weighted by Gasteiger charge is -2.14. The standard InChI is InChI=1S/C22H22N4O2S/c1-5-6-9-28-19-11-17(10-18(12-19)22-23-13-15(3)29-22)21(27)24-16(4)20-8-7-14(2)25-26-20/h7-8,10-13,16H,9H2,1-4H3,(H,24,27)/t16-/m1/s1. The molecule has 0 unspecified atom stereocenters. The van der Waals surface area contributed by atoms with Gasteiger partial charge in [-0.15, -0.1) is 17.3 Å². The maximum atomic E-state index is 12.9. The molecule has 0 fully saturated rings. The topological polar surface area (TPSA) is 77.0 Å². The van der Waals surface area contributed by atoms with Crippen LogP contribution >= 0.6 is 11.3 Å². The Labute approximate surface area is 174 Å². The number of rotatable bonds is 6. The highest BCUT2D eigenvalue weighted by molar-refractivity contribution is 7.14. The lowest BCUT2D eigenvalue weighted by Crippen LogP contribution is -2.27. The second-order valence-corrected chi connectivity index (χ2v) is 7.77. The number of ether oxygens (including phenoxy) is 1. The van der Waals surface area contributed by atoms with Gasteiger partial charge in [0, 0.05) is 22.2 Å². The number of carbonyl (C=O) groups excluding carboxylic acids is 1. The lowest BCUT2D eigenvalue weighted by molar-refractivity contribution is 0.0938. The predicted molar refractivity (Wildman–Crippen MR) is 114 cm³/mol. The van der Waals surface area contributed by atoms with Crippen LogP contribution in [0.1, 0.15) is 46.5 Å². The van der Waals surface area contributed by atoms with Crippen molar-refractivity contribution < 1.29 is 9.53 Å². The Morgan fingerprint density at radius 1 is 1.24 bits per heavy atom. The van der Waals surface area contributed by atoms with Crippen molar-refractivity contribution >= 4 is 17.2 Å². The van der Waals surface area contributed by atoms with Crippen LogP contribution in [-0.4, -0.2) is 27.7 Å². The highest BCUT2D eigenvalue weighted by atomic mass is 32.1. The van der Waals surface area contributed by atoms with E-state index < -0.39 is 0 Å². The third-order valence-corrected chi connectivity index (χ3v) is 5.10. The molecular formula is C22H22N4O2S. The number of nitrogens with zero attached hydrogens (tertiary/aromatic N) is 3. The van der Waals surface area contributed by atoms with Gasteiger partial charge in [0.05, 0.1) is 17.4 Å². The molecular weight excluding hydrogens is 384 g/mol. The molecule has 7 heteroatoms. The molecule has 0 saturated heterocycles. The number of hydrogen-bond acceptors (Lipinski definition) is 6. The first-order valence-electron chi connectivity index (χ1n) is 9.17. The van der Waals surface area contributed by atoms with Gasteiger partial charge in [0.2, 0.25) is 0 Å². The van der Waals surface area contributed by atoms with E-state index in [9.17, 15) is 4.79 Å². The van der Waals surface area contributed by atoms with Crippen LogP contribution in [0.5, 0.6) is 5.75 Å². The Bertz CT molecular complexity index is 1060. The molecule has 2 heterocycles. The third-order valence-electron chi connectivity index (χ3n) is 4.13. The van der Waals surface area contributed by atoms with Crippen LogP contribution in [-0.2, 0) is 0 Å². The summed E-state index contributed by atoms with van der Waals surface area (Å²) >= 11 is 1.57. The van der Waals surface area contributed by atoms with Crippen LogP contribution in [0, 0.1) is 25.7 Å². The quantitative estimate of drug-likeness (QED) is 0.624. The van der Waals surface area contributed by atoms with Crippen molar-refractivity contribution in [2.45, 2.75) is 33.7 Å². The smallest absolute Gasteiger partial charge is 0.251 e. The maximum Gasteiger partial charge on any atom is 0.251 e. The molecule has 0 aliphatic heterocycles. The van der Waals surface area contributed by atoms with Gasteiger partial charge in [0.1, 0.15) is 17.4 Å². The molecule has 0 saturated carbocycles. The van der Waals surface area contributed by atoms with Crippen LogP contribution in [0.25, 0.3) is 10.6 Å². The van der Waals surface area contributed by atoms with E-state index in [0.29, 0.717) is 17.0 Å². The highest BCUT2D eigenvalue weighted by Gasteiger charge is 2.16. The number of aryl methyl sites for hydroxylation is 2. The number of thiazole rings is 1. The molecule has 1 aromatic carbocycles. The van der Waals surface area contributed by atoms with Crippen molar-refractivity contribution in [3.8, 4) is 28.2 Å². The molecule has 0 aliphatic carbocycles. The minimum atomic E-state index is -0.281. The van der Waals surface area contributed by atoms with Crippen LogP contribution in [0.3, 0.4) is 0 Å². The first-order valence-corrected chi connectivity index (χ1v) is 9.99. The fourth-order valence-electron chi connectivity index (χ4n) is 2.61. The fraction of sp³-hybridized carbons (Fsp3) is 0.273. The van der Waals surface area contributed by atoms with Gasteiger partial charge < -0.3 is 10.1 Å². The van der Waals surface area contributed by atoms with E-state index in [1.165, 1.54) is 0 Å². The minimum Gasteiger partial charge on any atom is -0.481 e. The molecule has 1 amide bonds. The predicted octanol–water partition coefficient (Wildman–Crippen LogP) is 4.11. The van der Waals surface area contributed by atoms with Gasteiger partial charge in [-0.1, -0.05) is 5.92 Å². The first kappa shape index (κ1) is 20.5. The molecule has 6 nitrogen and oxygen atoms in total. The number of amides is 1. The summed E-state index contributed by atoms with van der Waals surface area (Å²) in [7, 11) is 0. The van der Waals surface area contributed by atoms with Gasteiger partial charge in [0.15, 0.2) is 0 Å². The molecule has 0 spiro atoms. The molecule has 2 aromatic heterocycles. The minimum absolute atomic E-state index is 0.221. The van der Waals surface area contributed by atoms with Crippen molar-refractivity contribution in [1.82, 2.24) is 20.5 Å². The van der Waals surface area contributed by atoms with Gasteiger partial charge in [-0.05, 0) is 58.0 Å². The number of benzene rings is 1. The van der Waals surface area contributed by atoms with Crippen LogP contribution in [0.15, 0.2) is 36.5 Å². The van der Waals surface area contributed by atoms with Crippen molar-refractivity contribution in [3.05, 3.63) is 58.4 Å². The summed E-state index contributed by atoms with van der Waals surface area (Å²) in [5.74, 6) is 6.02. The molecule has 29 heavy (non-hydrogen) atoms. The Balaban J connectivity index is 1.87. The summed E-state index contributed by atoms with van der Waals surface area (Å²) in [4.78, 5) is 18.4. The largest absolute Gasteiger partial charge is 0.481 e. The normalized spacial score (nSPS) is 11.3. The van der Waals surface area contributed by atoms with Crippen LogP contribution in [0.2, 0.25) is 0 Å². The van der Waals surface area contributed by atoms with E-state index in [0.717, 1.165) is 21.1 Å². The van der Waals surface area contributed by atoms with Gasteiger partial charge in [-0.3, -0.25) is 4.79 Å². The van der Waals surface area contributed by atoms with Crippen molar-refractivity contribution in [3.63, 3.8) is 0 Å². The van der Waals surface area contributed by atoms with E-state index >= 15 is 0 Å². The van der Waals surface area contributed by atoms with Crippen LogP contribution < -0.4 is 10.1 Å². The second kappa shape index (κ2) is 9.30. The van der Waals surface area contributed by atoms with E-state index in [1.807, 2.05) is 51.2 Å². The molecule has 1 N–H and O–H groups in total. The molecule has 1 atom stereocenters. The van der Waals surface area contributed by atoms with Crippen molar-refractivity contribution in [1.29, 1.82) is 0 Å². The van der Waals surface area contributed by atoms with E-state index in [4.69, 9.17) is 4.74 Å². The van der Waals surface area contributed by atoms with Gasteiger partial charge in [-0.2, -0.15) is 10.2 Å². The Morgan fingerprint density at radius 2 is 2.07 bits per heavy atom. The summed E-state index contributed by atoms with van der Waals surface area (Å²) in [6, 6.07) is 8.86. The number of aromatic nitrogens is 3. The van der Waals surface area contributed by atoms with Gasteiger partial charge in [0.25, 0.3) is 5.91 Å². The first-order chi connectivity index (χ1) is 14.0. The van der Waals surface area contributed by atoms with Crippen molar-refractivity contribution in [2.75, 3.05) is 6.61 Å². The monoisotopic (exact) mass is 406 g/mol. The van der Waals surface area contributed by atoms with E-state index in [1.54, 1.807) is 24.3 Å². The molecule has 3 aromatic rings. The number of nitrogens with one attached hydrogen (secondary N) is 1. The van der Waals surface area contributed by atoms with Gasteiger partial charge >= 0.3 is 0 Å². The van der Waals surface area contributed by atoms with Crippen LogP contribution in [0.4, 0.5) is 0 Å². The molecule has 3 rings (SSSR count). The maximum absolute atomic E-state index is 12.9. The molecule has 0 bridgehead atoms. The number of carbonyl (C=O) groups is 1. The lowest BCUT2D eigenvalue weighted by atomic mass is 10.1. The Hall–Kier alpha value is -3.24. The summed E-state index contributed by atoms with van der Waals surface area (Å²) < 4.78 is 5.71. The van der Waals surface area contributed by atoms with E-state index in [-0.39, 0.29) is 18.6 Å². The van der Waals surface area contributed by atoms with Gasteiger partial charge in [-0.25, -0.2) is 4.98 Å². The Morgan fingerprint density at radius 3 is 2.72 bits per heavy atom. The fourth-order valence-corrected chi connectivity index (χ4v) is 3.36. The highest BCUT2D eigenvalue weighted by Crippen LogP contribution is 2.29. The summed E-state index contributed by atoms with van der Waals surface area (Å²) in [5.41, 5.74) is 2.85. The van der Waals surface area contributed by atoms with E-state index in [2.05, 4.69) is 32.3 Å². The number of hydrogen-bond donors (Lipinski definition) is 1. The van der Waals surface area contributed by atoms with Crippen molar-refractivity contribution in [2.24, 2.45) is 0 Å². The third kappa shape index (κ3) is 5.39. The second-order valence-electron chi connectivity index (χ2n) is 6.53. The summed E-state index contributed by atoms with van der Waals surface area (Å²) in [6.45, 7) is 7.76. The molecule has 0 aliphatic rings. The average molecular weight is 407 g/mol.